The van der Waals surface area contributed by atoms with Gasteiger partial charge in [-0.25, -0.2) is 4.98 Å². The number of benzene rings is 5. The Morgan fingerprint density at radius 2 is 1.61 bits per heavy atom. The second-order valence-electron chi connectivity index (χ2n) is 11.4. The SMILES string of the molecule is CCOc1cc(C)c(-c2nc3ccccc3c(=O)n2N=Cc2ccc(OCc3cccc4ccccc34)c(OC)c2)cc1C(C)C. The molecule has 0 atom stereocenters. The van der Waals surface area contributed by atoms with Gasteiger partial charge in [0, 0.05) is 5.56 Å². The molecule has 0 unspecified atom stereocenters. The highest BCUT2D eigenvalue weighted by Gasteiger charge is 2.19. The number of para-hydroxylation sites is 1. The van der Waals surface area contributed by atoms with E-state index in [4.69, 9.17) is 24.3 Å². The summed E-state index contributed by atoms with van der Waals surface area (Å²) in [5, 5.41) is 7.51. The Bertz CT molecular complexity index is 2130. The van der Waals surface area contributed by atoms with E-state index in [0.29, 0.717) is 41.4 Å². The molecule has 7 heteroatoms. The van der Waals surface area contributed by atoms with Crippen molar-refractivity contribution >= 4 is 27.9 Å². The van der Waals surface area contributed by atoms with Gasteiger partial charge in [0.15, 0.2) is 17.3 Å². The van der Waals surface area contributed by atoms with E-state index >= 15 is 0 Å². The summed E-state index contributed by atoms with van der Waals surface area (Å²) >= 11 is 0. The number of hydrogen-bond donors (Lipinski definition) is 0. The molecule has 0 spiro atoms. The largest absolute Gasteiger partial charge is 0.494 e. The van der Waals surface area contributed by atoms with Crippen LogP contribution in [0.3, 0.4) is 0 Å². The van der Waals surface area contributed by atoms with Crippen molar-refractivity contribution in [2.75, 3.05) is 13.7 Å². The Morgan fingerprint density at radius 1 is 0.848 bits per heavy atom. The van der Waals surface area contributed by atoms with Gasteiger partial charge in [0.1, 0.15) is 12.4 Å². The third-order valence-corrected chi connectivity index (χ3v) is 8.05. The van der Waals surface area contributed by atoms with Gasteiger partial charge in [0.25, 0.3) is 5.56 Å². The highest BCUT2D eigenvalue weighted by Crippen LogP contribution is 2.34. The van der Waals surface area contributed by atoms with Crippen LogP contribution in [0.15, 0.2) is 107 Å². The minimum absolute atomic E-state index is 0.207. The van der Waals surface area contributed by atoms with Crippen molar-refractivity contribution in [3.8, 4) is 28.6 Å². The fourth-order valence-corrected chi connectivity index (χ4v) is 5.66. The minimum Gasteiger partial charge on any atom is -0.494 e. The van der Waals surface area contributed by atoms with Crippen LogP contribution in [0, 0.1) is 6.92 Å². The van der Waals surface area contributed by atoms with Crippen LogP contribution in [0.2, 0.25) is 0 Å². The number of hydrogen-bond acceptors (Lipinski definition) is 6. The van der Waals surface area contributed by atoms with Crippen LogP contribution in [0.25, 0.3) is 33.1 Å². The van der Waals surface area contributed by atoms with E-state index in [1.807, 2.05) is 74.5 Å². The van der Waals surface area contributed by atoms with Gasteiger partial charge in [-0.05, 0) is 95.3 Å². The molecule has 0 fully saturated rings. The zero-order valence-corrected chi connectivity index (χ0v) is 26.8. The summed E-state index contributed by atoms with van der Waals surface area (Å²) in [5.74, 6) is 2.69. The van der Waals surface area contributed by atoms with E-state index in [9.17, 15) is 4.79 Å². The molecule has 46 heavy (non-hydrogen) atoms. The lowest BCUT2D eigenvalue weighted by atomic mass is 9.96. The molecular weight excluding hydrogens is 574 g/mol. The van der Waals surface area contributed by atoms with Gasteiger partial charge in [-0.3, -0.25) is 4.79 Å². The van der Waals surface area contributed by atoms with Gasteiger partial charge in [-0.2, -0.15) is 9.78 Å². The smallest absolute Gasteiger partial charge is 0.282 e. The van der Waals surface area contributed by atoms with Crippen molar-refractivity contribution in [3.63, 3.8) is 0 Å². The molecule has 0 saturated heterocycles. The van der Waals surface area contributed by atoms with Crippen LogP contribution in [-0.2, 0) is 6.61 Å². The lowest BCUT2D eigenvalue weighted by Gasteiger charge is -2.18. The molecule has 0 bridgehead atoms. The van der Waals surface area contributed by atoms with E-state index in [-0.39, 0.29) is 11.5 Å². The number of ether oxygens (including phenoxy) is 3. The molecule has 0 radical (unpaired) electrons. The molecule has 1 heterocycles. The van der Waals surface area contributed by atoms with E-state index in [1.54, 1.807) is 19.4 Å². The van der Waals surface area contributed by atoms with Crippen LogP contribution >= 0.6 is 0 Å². The van der Waals surface area contributed by atoms with Crippen LogP contribution < -0.4 is 19.8 Å². The maximum atomic E-state index is 13.9. The Balaban J connectivity index is 1.37. The lowest BCUT2D eigenvalue weighted by Crippen LogP contribution is -2.21. The second kappa shape index (κ2) is 13.3. The van der Waals surface area contributed by atoms with Crippen LogP contribution in [0.1, 0.15) is 48.9 Å². The molecule has 0 amide bonds. The van der Waals surface area contributed by atoms with Crippen LogP contribution in [-0.4, -0.2) is 29.6 Å². The topological polar surface area (TPSA) is 74.9 Å². The summed E-state index contributed by atoms with van der Waals surface area (Å²) in [6.45, 7) is 9.19. The standard InChI is InChI=1S/C39H37N3O4/c1-6-45-36-20-26(4)33(22-32(36)25(2)3)38-41-34-17-10-9-16-31(34)39(43)42(38)40-23-27-18-19-35(37(21-27)44-5)46-24-29-14-11-13-28-12-7-8-15-30(28)29/h7-23,25H,6,24H2,1-5H3. The van der Waals surface area contributed by atoms with Gasteiger partial charge in [-0.1, -0.05) is 68.4 Å². The highest BCUT2D eigenvalue weighted by atomic mass is 16.5. The number of nitrogens with zero attached hydrogens (tertiary/aromatic N) is 3. The third kappa shape index (κ3) is 6.09. The first-order valence-electron chi connectivity index (χ1n) is 15.5. The fourth-order valence-electron chi connectivity index (χ4n) is 5.66. The quantitative estimate of drug-likeness (QED) is 0.145. The first kappa shape index (κ1) is 30.6. The summed E-state index contributed by atoms with van der Waals surface area (Å²) in [7, 11) is 1.61. The van der Waals surface area contributed by atoms with Gasteiger partial charge >= 0.3 is 0 Å². The number of aromatic nitrogens is 2. The average Bonchev–Trinajstić information content (AvgIpc) is 3.07. The van der Waals surface area contributed by atoms with Gasteiger partial charge in [0.2, 0.25) is 0 Å². The number of methoxy groups -OCH3 is 1. The van der Waals surface area contributed by atoms with E-state index < -0.39 is 0 Å². The summed E-state index contributed by atoms with van der Waals surface area (Å²) < 4.78 is 19.2. The Hall–Kier alpha value is -5.43. The molecule has 5 aromatic carbocycles. The van der Waals surface area contributed by atoms with Crippen molar-refractivity contribution in [1.29, 1.82) is 0 Å². The van der Waals surface area contributed by atoms with Crippen molar-refractivity contribution in [3.05, 3.63) is 130 Å². The molecule has 0 aliphatic heterocycles. The first-order chi connectivity index (χ1) is 22.4. The summed E-state index contributed by atoms with van der Waals surface area (Å²) in [4.78, 5) is 18.8. The maximum Gasteiger partial charge on any atom is 0.282 e. The van der Waals surface area contributed by atoms with Gasteiger partial charge < -0.3 is 14.2 Å². The molecular formula is C39H37N3O4. The first-order valence-corrected chi connectivity index (χ1v) is 15.5. The highest BCUT2D eigenvalue weighted by molar-refractivity contribution is 5.86. The second-order valence-corrected chi connectivity index (χ2v) is 11.4. The molecule has 6 aromatic rings. The maximum absolute atomic E-state index is 13.9. The third-order valence-electron chi connectivity index (χ3n) is 8.05. The molecule has 6 rings (SSSR count). The molecule has 0 saturated carbocycles. The number of fused-ring (bicyclic) bond motifs is 2. The van der Waals surface area contributed by atoms with Crippen molar-refractivity contribution in [2.45, 2.75) is 40.2 Å². The molecule has 0 aliphatic rings. The molecule has 7 nitrogen and oxygen atoms in total. The lowest BCUT2D eigenvalue weighted by molar-refractivity contribution is 0.285. The normalized spacial score (nSPS) is 11.5. The molecule has 0 N–H and O–H groups in total. The van der Waals surface area contributed by atoms with Crippen LogP contribution in [0.4, 0.5) is 0 Å². The Labute approximate surface area is 268 Å². The fraction of sp³-hybridized carbons (Fsp3) is 0.205. The summed E-state index contributed by atoms with van der Waals surface area (Å²) in [6.07, 6.45) is 1.64. The van der Waals surface area contributed by atoms with Crippen LogP contribution in [0.5, 0.6) is 17.2 Å². The molecule has 1 aromatic heterocycles. The van der Waals surface area contributed by atoms with Gasteiger partial charge in [0.05, 0.1) is 30.8 Å². The summed E-state index contributed by atoms with van der Waals surface area (Å²) in [6, 6.07) is 31.5. The predicted octanol–water partition coefficient (Wildman–Crippen LogP) is 8.52. The summed E-state index contributed by atoms with van der Waals surface area (Å²) in [5.41, 5.74) is 5.00. The van der Waals surface area contributed by atoms with Gasteiger partial charge in [-0.15, -0.1) is 0 Å². The number of aryl methyl sites for hydroxylation is 1. The molecule has 0 aliphatic carbocycles. The van der Waals surface area contributed by atoms with E-state index in [1.165, 1.54) is 10.1 Å². The minimum atomic E-state index is -0.252. The Morgan fingerprint density at radius 3 is 2.39 bits per heavy atom. The van der Waals surface area contributed by atoms with E-state index in [0.717, 1.165) is 39.0 Å². The monoisotopic (exact) mass is 611 g/mol. The Kier molecular flexibility index (Phi) is 8.83. The van der Waals surface area contributed by atoms with Crippen molar-refractivity contribution in [1.82, 2.24) is 9.66 Å². The van der Waals surface area contributed by atoms with E-state index in [2.05, 4.69) is 44.2 Å². The predicted molar refractivity (Wildman–Crippen MR) is 186 cm³/mol. The zero-order chi connectivity index (χ0) is 32.2. The van der Waals surface area contributed by atoms with Crippen molar-refractivity contribution < 1.29 is 14.2 Å². The van der Waals surface area contributed by atoms with Crippen molar-refractivity contribution in [2.24, 2.45) is 5.10 Å². The average molecular weight is 612 g/mol. The molecule has 232 valence electrons. The zero-order valence-electron chi connectivity index (χ0n) is 26.8. The number of rotatable bonds is 10.